The quantitative estimate of drug-likeness (QED) is 0.563. The van der Waals surface area contributed by atoms with Gasteiger partial charge in [0.2, 0.25) is 0 Å². The number of halogens is 1. The van der Waals surface area contributed by atoms with Crippen molar-refractivity contribution in [2.24, 2.45) is 5.41 Å². The summed E-state index contributed by atoms with van der Waals surface area (Å²) in [5.41, 5.74) is 0.120. The van der Waals surface area contributed by atoms with Gasteiger partial charge in [0, 0.05) is 18.4 Å². The second kappa shape index (κ2) is 4.48. The highest BCUT2D eigenvalue weighted by molar-refractivity contribution is 6.25. The van der Waals surface area contributed by atoms with E-state index in [0.29, 0.717) is 12.8 Å². The number of benzene rings is 1. The first-order valence-electron chi connectivity index (χ1n) is 5.92. The third kappa shape index (κ3) is 2.55. The zero-order valence-electron chi connectivity index (χ0n) is 10.5. The van der Waals surface area contributed by atoms with Crippen LogP contribution in [-0.4, -0.2) is 11.6 Å². The fraction of sp³-hybridized carbons (Fsp3) is 0.333. The van der Waals surface area contributed by atoms with Crippen molar-refractivity contribution in [2.75, 3.05) is 0 Å². The highest BCUT2D eigenvalue weighted by atomic mass is 19.1. The van der Waals surface area contributed by atoms with Crippen LogP contribution in [0, 0.1) is 11.2 Å². The van der Waals surface area contributed by atoms with Gasteiger partial charge in [-0.15, -0.1) is 0 Å². The van der Waals surface area contributed by atoms with Gasteiger partial charge in [0.15, 0.2) is 11.6 Å². The molecule has 0 saturated heterocycles. The molecule has 0 atom stereocenters. The van der Waals surface area contributed by atoms with E-state index in [0.717, 1.165) is 0 Å². The molecule has 18 heavy (non-hydrogen) atoms. The smallest absolute Gasteiger partial charge is 0.167 e. The van der Waals surface area contributed by atoms with Crippen molar-refractivity contribution in [3.8, 4) is 0 Å². The van der Waals surface area contributed by atoms with Gasteiger partial charge in [-0.3, -0.25) is 9.59 Å². The van der Waals surface area contributed by atoms with Gasteiger partial charge >= 0.3 is 0 Å². The van der Waals surface area contributed by atoms with Crippen LogP contribution in [-0.2, 0) is 9.59 Å². The van der Waals surface area contributed by atoms with E-state index < -0.39 is 5.82 Å². The average Bonchev–Trinajstić information content (AvgIpc) is 2.24. The van der Waals surface area contributed by atoms with Crippen LogP contribution < -0.4 is 0 Å². The summed E-state index contributed by atoms with van der Waals surface area (Å²) in [6.07, 6.45) is 2.04. The minimum absolute atomic E-state index is 0.124. The van der Waals surface area contributed by atoms with Crippen molar-refractivity contribution in [3.63, 3.8) is 0 Å². The molecule has 0 bridgehead atoms. The lowest BCUT2D eigenvalue weighted by molar-refractivity contribution is -0.127. The number of ketones is 2. The lowest BCUT2D eigenvalue weighted by Gasteiger charge is -2.28. The molecule has 1 aliphatic rings. The number of hydrogen-bond donors (Lipinski definition) is 0. The monoisotopic (exact) mass is 246 g/mol. The molecule has 0 spiro atoms. The Morgan fingerprint density at radius 3 is 2.22 bits per heavy atom. The fourth-order valence-electron chi connectivity index (χ4n) is 2.19. The second-order valence-electron chi connectivity index (χ2n) is 5.44. The van der Waals surface area contributed by atoms with Gasteiger partial charge in [-0.25, -0.2) is 4.39 Å². The molecule has 94 valence electrons. The predicted octanol–water partition coefficient (Wildman–Crippen LogP) is 3.17. The highest BCUT2D eigenvalue weighted by Gasteiger charge is 2.35. The van der Waals surface area contributed by atoms with Crippen molar-refractivity contribution < 1.29 is 14.0 Å². The molecule has 1 aliphatic carbocycles. The van der Waals surface area contributed by atoms with Gasteiger partial charge in [-0.2, -0.15) is 0 Å². The fourth-order valence-corrected chi connectivity index (χ4v) is 2.19. The van der Waals surface area contributed by atoms with Crippen LogP contribution in [0.5, 0.6) is 0 Å². The van der Waals surface area contributed by atoms with Gasteiger partial charge in [0.1, 0.15) is 5.82 Å². The largest absolute Gasteiger partial charge is 0.294 e. The molecule has 3 heteroatoms. The maximum atomic E-state index is 13.5. The third-order valence-corrected chi connectivity index (χ3v) is 3.08. The lowest BCUT2D eigenvalue weighted by Crippen LogP contribution is -2.31. The van der Waals surface area contributed by atoms with Gasteiger partial charge < -0.3 is 0 Å². The number of hydrogen-bond acceptors (Lipinski definition) is 2. The molecule has 2 rings (SSSR count). The maximum Gasteiger partial charge on any atom is 0.167 e. The normalized spacial score (nSPS) is 18.9. The van der Waals surface area contributed by atoms with E-state index in [-0.39, 0.29) is 28.1 Å². The maximum absolute atomic E-state index is 13.5. The molecule has 0 heterocycles. The summed E-state index contributed by atoms with van der Waals surface area (Å²) in [6, 6.07) is 6.12. The number of rotatable bonds is 1. The van der Waals surface area contributed by atoms with E-state index >= 15 is 0 Å². The van der Waals surface area contributed by atoms with Crippen molar-refractivity contribution in [2.45, 2.75) is 26.7 Å². The van der Waals surface area contributed by atoms with Gasteiger partial charge in [-0.1, -0.05) is 32.0 Å². The Kier molecular flexibility index (Phi) is 3.16. The summed E-state index contributed by atoms with van der Waals surface area (Å²) in [4.78, 5) is 23.8. The molecular weight excluding hydrogens is 231 g/mol. The van der Waals surface area contributed by atoms with E-state index in [1.807, 2.05) is 13.8 Å². The summed E-state index contributed by atoms with van der Waals surface area (Å²) in [5, 5.41) is 0. The van der Waals surface area contributed by atoms with Crippen LogP contribution in [0.25, 0.3) is 6.08 Å². The number of carbonyl (C=O) groups excluding carboxylic acids is 2. The standard InChI is InChI=1S/C15H15FO2/c1-15(2)8-13(17)11(14(18)9-15)7-10-5-3-4-6-12(10)16/h3-7H,8-9H2,1-2H3. The van der Waals surface area contributed by atoms with Crippen LogP contribution in [0.1, 0.15) is 32.3 Å². The highest BCUT2D eigenvalue weighted by Crippen LogP contribution is 2.34. The van der Waals surface area contributed by atoms with Crippen molar-refractivity contribution >= 4 is 17.6 Å². The molecular formula is C15H15FO2. The first-order chi connectivity index (χ1) is 8.39. The van der Waals surface area contributed by atoms with Gasteiger partial charge in [0.05, 0.1) is 5.57 Å². The SMILES string of the molecule is CC1(C)CC(=O)C(=Cc2ccccc2F)C(=O)C1. The summed E-state index contributed by atoms with van der Waals surface area (Å²) < 4.78 is 13.5. The summed E-state index contributed by atoms with van der Waals surface area (Å²) in [6.45, 7) is 3.78. The molecule has 0 aliphatic heterocycles. The molecule has 1 aromatic rings. The summed E-state index contributed by atoms with van der Waals surface area (Å²) in [7, 11) is 0. The molecule has 0 N–H and O–H groups in total. The first kappa shape index (κ1) is 12.7. The van der Waals surface area contributed by atoms with Crippen LogP contribution in [0.3, 0.4) is 0 Å². The zero-order valence-corrected chi connectivity index (χ0v) is 10.5. The zero-order chi connectivity index (χ0) is 13.3. The van der Waals surface area contributed by atoms with Crippen LogP contribution in [0.2, 0.25) is 0 Å². The Hall–Kier alpha value is -1.77. The summed E-state index contributed by atoms with van der Waals surface area (Å²) >= 11 is 0. The second-order valence-corrected chi connectivity index (χ2v) is 5.44. The average molecular weight is 246 g/mol. The Balaban J connectivity index is 2.37. The minimum Gasteiger partial charge on any atom is -0.294 e. The number of Topliss-reactive ketones (excluding diaryl/α,β-unsaturated/α-hetero) is 2. The van der Waals surface area contributed by atoms with E-state index in [4.69, 9.17) is 0 Å². The van der Waals surface area contributed by atoms with E-state index in [1.165, 1.54) is 12.1 Å². The number of carbonyl (C=O) groups is 2. The first-order valence-corrected chi connectivity index (χ1v) is 5.92. The minimum atomic E-state index is -0.421. The predicted molar refractivity (Wildman–Crippen MR) is 67.4 cm³/mol. The Bertz CT molecular complexity index is 519. The summed E-state index contributed by atoms with van der Waals surface area (Å²) in [5.74, 6) is -0.811. The molecule has 1 aromatic carbocycles. The topological polar surface area (TPSA) is 34.1 Å². The Morgan fingerprint density at radius 2 is 1.67 bits per heavy atom. The van der Waals surface area contributed by atoms with Crippen LogP contribution in [0.15, 0.2) is 29.8 Å². The Labute approximate surface area is 106 Å². The van der Waals surface area contributed by atoms with Crippen LogP contribution in [0.4, 0.5) is 4.39 Å². The molecule has 1 fully saturated rings. The third-order valence-electron chi connectivity index (χ3n) is 3.08. The Morgan fingerprint density at radius 1 is 1.11 bits per heavy atom. The molecule has 1 saturated carbocycles. The number of allylic oxidation sites excluding steroid dienone is 1. The molecule has 0 unspecified atom stereocenters. The van der Waals surface area contributed by atoms with E-state index in [1.54, 1.807) is 18.2 Å². The molecule has 2 nitrogen and oxygen atoms in total. The van der Waals surface area contributed by atoms with Gasteiger partial charge in [0.25, 0.3) is 0 Å². The van der Waals surface area contributed by atoms with E-state index in [2.05, 4.69) is 0 Å². The van der Waals surface area contributed by atoms with Gasteiger partial charge in [-0.05, 0) is 17.6 Å². The van der Waals surface area contributed by atoms with Crippen molar-refractivity contribution in [1.29, 1.82) is 0 Å². The molecule has 0 radical (unpaired) electrons. The van der Waals surface area contributed by atoms with E-state index in [9.17, 15) is 14.0 Å². The van der Waals surface area contributed by atoms with Crippen LogP contribution >= 0.6 is 0 Å². The molecule has 0 amide bonds. The lowest BCUT2D eigenvalue weighted by atomic mass is 9.74. The van der Waals surface area contributed by atoms with Crippen molar-refractivity contribution in [1.82, 2.24) is 0 Å². The molecule has 0 aromatic heterocycles. The van der Waals surface area contributed by atoms with Crippen molar-refractivity contribution in [3.05, 3.63) is 41.2 Å².